The normalized spacial score (nSPS) is 15.9. The van der Waals surface area contributed by atoms with E-state index >= 15 is 0 Å². The van der Waals surface area contributed by atoms with Crippen molar-refractivity contribution >= 4 is 35.6 Å². The van der Waals surface area contributed by atoms with Crippen LogP contribution in [0, 0.1) is 5.41 Å². The molecule has 2 rings (SSSR count). The van der Waals surface area contributed by atoms with Gasteiger partial charge in [-0.05, 0) is 25.5 Å². The van der Waals surface area contributed by atoms with Crippen LogP contribution in [-0.4, -0.2) is 52.4 Å². The maximum absolute atomic E-state index is 5.28. The molecule has 0 spiro atoms. The van der Waals surface area contributed by atoms with Gasteiger partial charge < -0.3 is 20.3 Å². The summed E-state index contributed by atoms with van der Waals surface area (Å²) >= 11 is 0. The van der Waals surface area contributed by atoms with Crippen molar-refractivity contribution in [3.05, 3.63) is 30.3 Å². The maximum Gasteiger partial charge on any atom is 0.191 e. The highest BCUT2D eigenvalue weighted by molar-refractivity contribution is 14.0. The smallest absolute Gasteiger partial charge is 0.191 e. The van der Waals surface area contributed by atoms with Crippen molar-refractivity contribution in [3.8, 4) is 0 Å². The Labute approximate surface area is 163 Å². The molecular weight excluding hydrogens is 415 g/mol. The highest BCUT2D eigenvalue weighted by Gasteiger charge is 2.33. The second-order valence-corrected chi connectivity index (χ2v) is 6.42. The van der Waals surface area contributed by atoms with Crippen LogP contribution in [0.15, 0.2) is 35.3 Å². The topological polar surface area (TPSA) is 48.9 Å². The summed E-state index contributed by atoms with van der Waals surface area (Å²) in [6.45, 7) is 9.97. The van der Waals surface area contributed by atoms with Crippen LogP contribution < -0.4 is 15.5 Å². The fourth-order valence-electron chi connectivity index (χ4n) is 2.66. The number of ether oxygens (including phenoxy) is 1. The summed E-state index contributed by atoms with van der Waals surface area (Å²) in [5, 5.41) is 6.78. The number of nitrogens with zero attached hydrogens (tertiary/aromatic N) is 2. The standard InChI is InChI=1S/C18H30N4O.HI/c1-4-22(16-9-6-5-7-10-16)12-8-11-20-17(19-3)21-13-18(2)14-23-15-18;/h5-7,9-10H,4,8,11-15H2,1-3H3,(H2,19,20,21);1H. The molecule has 1 aliphatic heterocycles. The Bertz CT molecular complexity index is 491. The summed E-state index contributed by atoms with van der Waals surface area (Å²) in [5.74, 6) is 0.876. The molecule has 1 saturated heterocycles. The Kier molecular flexibility index (Phi) is 9.43. The number of nitrogens with one attached hydrogen (secondary N) is 2. The van der Waals surface area contributed by atoms with Crippen LogP contribution in [0.25, 0.3) is 0 Å². The lowest BCUT2D eigenvalue weighted by molar-refractivity contribution is -0.0971. The number of halogens is 1. The number of hydrogen-bond acceptors (Lipinski definition) is 3. The van der Waals surface area contributed by atoms with E-state index < -0.39 is 0 Å². The van der Waals surface area contributed by atoms with Gasteiger partial charge >= 0.3 is 0 Å². The van der Waals surface area contributed by atoms with Gasteiger partial charge in [0.2, 0.25) is 0 Å². The molecule has 24 heavy (non-hydrogen) atoms. The van der Waals surface area contributed by atoms with Gasteiger partial charge in [-0.2, -0.15) is 0 Å². The van der Waals surface area contributed by atoms with Gasteiger partial charge in [-0.15, -0.1) is 24.0 Å². The Morgan fingerprint density at radius 3 is 2.50 bits per heavy atom. The Hall–Kier alpha value is -1.02. The predicted octanol–water partition coefficient (Wildman–Crippen LogP) is 2.72. The molecule has 0 aliphatic carbocycles. The van der Waals surface area contributed by atoms with Crippen molar-refractivity contribution in [2.75, 3.05) is 51.3 Å². The van der Waals surface area contributed by atoms with Crippen molar-refractivity contribution in [1.29, 1.82) is 0 Å². The van der Waals surface area contributed by atoms with E-state index in [1.807, 2.05) is 7.05 Å². The molecule has 0 bridgehead atoms. The minimum absolute atomic E-state index is 0. The second kappa shape index (κ2) is 10.8. The van der Waals surface area contributed by atoms with E-state index in [4.69, 9.17) is 4.74 Å². The average Bonchev–Trinajstić information content (AvgIpc) is 2.56. The van der Waals surface area contributed by atoms with Crippen molar-refractivity contribution in [3.63, 3.8) is 0 Å². The molecule has 1 aliphatic rings. The highest BCUT2D eigenvalue weighted by Crippen LogP contribution is 2.24. The molecular formula is C18H31IN4O. The molecule has 2 N–H and O–H groups in total. The largest absolute Gasteiger partial charge is 0.380 e. The van der Waals surface area contributed by atoms with Gasteiger partial charge in [-0.3, -0.25) is 4.99 Å². The Morgan fingerprint density at radius 2 is 1.96 bits per heavy atom. The molecule has 6 heteroatoms. The van der Waals surface area contributed by atoms with Crippen molar-refractivity contribution in [2.24, 2.45) is 10.4 Å². The monoisotopic (exact) mass is 446 g/mol. The van der Waals surface area contributed by atoms with Gasteiger partial charge in [-0.25, -0.2) is 0 Å². The zero-order chi connectivity index (χ0) is 16.5. The van der Waals surface area contributed by atoms with Crippen molar-refractivity contribution in [2.45, 2.75) is 20.3 Å². The Balaban J connectivity index is 0.00000288. The number of benzene rings is 1. The van der Waals surface area contributed by atoms with Crippen LogP contribution in [0.1, 0.15) is 20.3 Å². The molecule has 1 aromatic rings. The number of rotatable bonds is 8. The maximum atomic E-state index is 5.28. The first kappa shape index (κ1) is 21.0. The summed E-state index contributed by atoms with van der Waals surface area (Å²) in [4.78, 5) is 6.68. The van der Waals surface area contributed by atoms with Gasteiger partial charge in [0.15, 0.2) is 5.96 Å². The van der Waals surface area contributed by atoms with Crippen LogP contribution in [-0.2, 0) is 4.74 Å². The van der Waals surface area contributed by atoms with Crippen LogP contribution in [0.5, 0.6) is 0 Å². The Morgan fingerprint density at radius 1 is 1.25 bits per heavy atom. The quantitative estimate of drug-likeness (QED) is 0.279. The lowest BCUT2D eigenvalue weighted by atomic mass is 9.89. The van der Waals surface area contributed by atoms with Gasteiger partial charge in [0.25, 0.3) is 0 Å². The molecule has 5 nitrogen and oxygen atoms in total. The third-order valence-electron chi connectivity index (χ3n) is 4.21. The average molecular weight is 446 g/mol. The molecule has 1 aromatic carbocycles. The van der Waals surface area contributed by atoms with Crippen LogP contribution in [0.4, 0.5) is 5.69 Å². The van der Waals surface area contributed by atoms with Crippen molar-refractivity contribution in [1.82, 2.24) is 10.6 Å². The SMILES string of the molecule is CCN(CCCNC(=NC)NCC1(C)COC1)c1ccccc1.I. The minimum Gasteiger partial charge on any atom is -0.380 e. The molecule has 136 valence electrons. The minimum atomic E-state index is 0. The lowest BCUT2D eigenvalue weighted by Crippen LogP contribution is -2.51. The number of guanidine groups is 1. The zero-order valence-electron chi connectivity index (χ0n) is 15.0. The number of anilines is 1. The van der Waals surface area contributed by atoms with E-state index in [0.29, 0.717) is 0 Å². The van der Waals surface area contributed by atoms with E-state index in [1.165, 1.54) is 5.69 Å². The molecule has 0 saturated carbocycles. The first-order chi connectivity index (χ1) is 11.2. The first-order valence-corrected chi connectivity index (χ1v) is 8.49. The highest BCUT2D eigenvalue weighted by atomic mass is 127. The van der Waals surface area contributed by atoms with Gasteiger partial charge in [-0.1, -0.05) is 25.1 Å². The number of aliphatic imine (C=N–C) groups is 1. The second-order valence-electron chi connectivity index (χ2n) is 6.42. The molecule has 0 aromatic heterocycles. The molecule has 1 heterocycles. The zero-order valence-corrected chi connectivity index (χ0v) is 17.4. The molecule has 1 fully saturated rings. The van der Waals surface area contributed by atoms with E-state index in [1.54, 1.807) is 0 Å². The first-order valence-electron chi connectivity index (χ1n) is 8.49. The van der Waals surface area contributed by atoms with E-state index in [9.17, 15) is 0 Å². The third kappa shape index (κ3) is 6.47. The van der Waals surface area contributed by atoms with E-state index in [0.717, 1.165) is 51.8 Å². The summed E-state index contributed by atoms with van der Waals surface area (Å²) in [5.41, 5.74) is 1.54. The van der Waals surface area contributed by atoms with Gasteiger partial charge in [0, 0.05) is 44.3 Å². The van der Waals surface area contributed by atoms with Crippen molar-refractivity contribution < 1.29 is 4.74 Å². The van der Waals surface area contributed by atoms with Crippen LogP contribution in [0.2, 0.25) is 0 Å². The summed E-state index contributed by atoms with van der Waals surface area (Å²) in [6, 6.07) is 10.6. The fraction of sp³-hybridized carbons (Fsp3) is 0.611. The molecule has 0 radical (unpaired) electrons. The lowest BCUT2D eigenvalue weighted by Gasteiger charge is -2.38. The molecule has 0 unspecified atom stereocenters. The van der Waals surface area contributed by atoms with Crippen LogP contribution in [0.3, 0.4) is 0 Å². The summed E-state index contributed by atoms with van der Waals surface area (Å²) in [7, 11) is 1.82. The fourth-order valence-corrected chi connectivity index (χ4v) is 2.66. The van der Waals surface area contributed by atoms with Gasteiger partial charge in [0.1, 0.15) is 0 Å². The van der Waals surface area contributed by atoms with E-state index in [-0.39, 0.29) is 29.4 Å². The number of para-hydroxylation sites is 1. The summed E-state index contributed by atoms with van der Waals surface area (Å²) in [6.07, 6.45) is 1.07. The molecule has 0 atom stereocenters. The molecule has 0 amide bonds. The number of hydrogen-bond donors (Lipinski definition) is 2. The van der Waals surface area contributed by atoms with Crippen LogP contribution >= 0.6 is 24.0 Å². The van der Waals surface area contributed by atoms with Gasteiger partial charge in [0.05, 0.1) is 13.2 Å². The predicted molar refractivity (Wildman–Crippen MR) is 113 cm³/mol. The third-order valence-corrected chi connectivity index (χ3v) is 4.21. The van der Waals surface area contributed by atoms with E-state index in [2.05, 4.69) is 64.7 Å². The summed E-state index contributed by atoms with van der Waals surface area (Å²) < 4.78 is 5.28.